The SMILES string of the molecule is Cc1oc(CSc2nnnn2C2CC2)cc1C(=O)O. The fourth-order valence-electron chi connectivity index (χ4n) is 1.79. The zero-order chi connectivity index (χ0) is 13.4. The van der Waals surface area contributed by atoms with Crippen LogP contribution in [0.5, 0.6) is 0 Å². The van der Waals surface area contributed by atoms with Crippen LogP contribution in [0.15, 0.2) is 15.6 Å². The summed E-state index contributed by atoms with van der Waals surface area (Å²) in [6, 6.07) is 1.97. The van der Waals surface area contributed by atoms with E-state index in [1.54, 1.807) is 13.0 Å². The first-order valence-corrected chi connectivity index (χ1v) is 6.87. The lowest BCUT2D eigenvalue weighted by Gasteiger charge is -2.00. The second-order valence-corrected chi connectivity index (χ2v) is 5.36. The number of aromatic nitrogens is 4. The molecule has 3 rings (SSSR count). The second kappa shape index (κ2) is 4.69. The average Bonchev–Trinajstić information content (AvgIpc) is 2.98. The van der Waals surface area contributed by atoms with Crippen LogP contribution in [0.3, 0.4) is 0 Å². The van der Waals surface area contributed by atoms with Crippen molar-refractivity contribution in [3.63, 3.8) is 0 Å². The number of thioether (sulfide) groups is 1. The molecule has 7 nitrogen and oxygen atoms in total. The molecule has 0 aliphatic heterocycles. The van der Waals surface area contributed by atoms with E-state index < -0.39 is 5.97 Å². The van der Waals surface area contributed by atoms with Gasteiger partial charge in [0, 0.05) is 0 Å². The molecular formula is C11H12N4O3S. The van der Waals surface area contributed by atoms with Gasteiger partial charge >= 0.3 is 5.97 Å². The molecule has 2 aromatic heterocycles. The minimum atomic E-state index is -0.972. The van der Waals surface area contributed by atoms with Crippen LogP contribution in [0.2, 0.25) is 0 Å². The van der Waals surface area contributed by atoms with Gasteiger partial charge in [0.15, 0.2) is 0 Å². The molecule has 0 saturated heterocycles. The van der Waals surface area contributed by atoms with Crippen molar-refractivity contribution in [3.8, 4) is 0 Å². The number of carboxylic acid groups (broad SMARTS) is 1. The van der Waals surface area contributed by atoms with Crippen LogP contribution in [0.4, 0.5) is 0 Å². The van der Waals surface area contributed by atoms with Crippen molar-refractivity contribution in [1.29, 1.82) is 0 Å². The molecule has 1 aliphatic rings. The summed E-state index contributed by atoms with van der Waals surface area (Å²) < 4.78 is 7.23. The Morgan fingerprint density at radius 2 is 2.42 bits per heavy atom. The molecule has 0 aromatic carbocycles. The molecule has 1 N–H and O–H groups in total. The Bertz CT molecular complexity index is 617. The van der Waals surface area contributed by atoms with Gasteiger partial charge in [0.2, 0.25) is 5.16 Å². The minimum absolute atomic E-state index is 0.206. The van der Waals surface area contributed by atoms with Gasteiger partial charge < -0.3 is 9.52 Å². The minimum Gasteiger partial charge on any atom is -0.478 e. The van der Waals surface area contributed by atoms with Crippen molar-refractivity contribution < 1.29 is 14.3 Å². The van der Waals surface area contributed by atoms with E-state index >= 15 is 0 Å². The van der Waals surface area contributed by atoms with Gasteiger partial charge in [-0.2, -0.15) is 0 Å². The molecule has 0 spiro atoms. The highest BCUT2D eigenvalue weighted by Gasteiger charge is 2.28. The zero-order valence-electron chi connectivity index (χ0n) is 10.2. The van der Waals surface area contributed by atoms with Gasteiger partial charge in [0.05, 0.1) is 11.8 Å². The lowest BCUT2D eigenvalue weighted by atomic mass is 10.2. The molecule has 0 amide bonds. The predicted octanol–water partition coefficient (Wildman–Crippen LogP) is 1.90. The van der Waals surface area contributed by atoms with Crippen molar-refractivity contribution in [1.82, 2.24) is 20.2 Å². The van der Waals surface area contributed by atoms with Crippen molar-refractivity contribution in [2.45, 2.75) is 36.7 Å². The van der Waals surface area contributed by atoms with E-state index in [0.717, 1.165) is 18.0 Å². The Labute approximate surface area is 113 Å². The normalized spacial score (nSPS) is 14.8. The Balaban J connectivity index is 1.70. The van der Waals surface area contributed by atoms with Gasteiger partial charge in [0.1, 0.15) is 17.1 Å². The Hall–Kier alpha value is -1.83. The highest BCUT2D eigenvalue weighted by molar-refractivity contribution is 7.98. The molecule has 0 radical (unpaired) electrons. The van der Waals surface area contributed by atoms with Gasteiger partial charge in [-0.05, 0) is 36.3 Å². The fraction of sp³-hybridized carbons (Fsp3) is 0.455. The first kappa shape index (κ1) is 12.2. The molecule has 1 aliphatic carbocycles. The maximum atomic E-state index is 10.9. The van der Waals surface area contributed by atoms with Crippen molar-refractivity contribution in [2.75, 3.05) is 0 Å². The van der Waals surface area contributed by atoms with Crippen LogP contribution in [0, 0.1) is 6.92 Å². The third kappa shape index (κ3) is 2.48. The maximum absolute atomic E-state index is 10.9. The first-order chi connectivity index (χ1) is 9.15. The van der Waals surface area contributed by atoms with Crippen molar-refractivity contribution in [2.24, 2.45) is 0 Å². The summed E-state index contributed by atoms with van der Waals surface area (Å²) in [5.74, 6) is 0.580. The summed E-state index contributed by atoms with van der Waals surface area (Å²) in [7, 11) is 0. The molecule has 8 heteroatoms. The number of aryl methyl sites for hydroxylation is 1. The molecule has 19 heavy (non-hydrogen) atoms. The van der Waals surface area contributed by atoms with Crippen LogP contribution in [0.1, 0.15) is 40.8 Å². The predicted molar refractivity (Wildman–Crippen MR) is 66.1 cm³/mol. The molecule has 0 unspecified atom stereocenters. The van der Waals surface area contributed by atoms with Gasteiger partial charge in [0.25, 0.3) is 0 Å². The largest absolute Gasteiger partial charge is 0.478 e. The van der Waals surface area contributed by atoms with Crippen LogP contribution in [-0.2, 0) is 5.75 Å². The van der Waals surface area contributed by atoms with E-state index in [1.165, 1.54) is 11.8 Å². The quantitative estimate of drug-likeness (QED) is 0.836. The van der Waals surface area contributed by atoms with E-state index in [2.05, 4.69) is 15.5 Å². The van der Waals surface area contributed by atoms with Crippen LogP contribution in [-0.4, -0.2) is 31.3 Å². The zero-order valence-corrected chi connectivity index (χ0v) is 11.1. The molecule has 0 atom stereocenters. The number of tetrazole rings is 1. The Kier molecular flexibility index (Phi) is 3.02. The third-order valence-corrected chi connectivity index (χ3v) is 3.85. The molecule has 2 heterocycles. The lowest BCUT2D eigenvalue weighted by molar-refractivity contribution is 0.0695. The number of hydrogen-bond donors (Lipinski definition) is 1. The average molecular weight is 280 g/mol. The van der Waals surface area contributed by atoms with Gasteiger partial charge in [-0.1, -0.05) is 11.8 Å². The highest BCUT2D eigenvalue weighted by Crippen LogP contribution is 2.37. The summed E-state index contributed by atoms with van der Waals surface area (Å²) >= 11 is 1.45. The molecule has 1 saturated carbocycles. The summed E-state index contributed by atoms with van der Waals surface area (Å²) in [6.45, 7) is 1.64. The second-order valence-electron chi connectivity index (χ2n) is 4.41. The maximum Gasteiger partial charge on any atom is 0.339 e. The molecule has 2 aromatic rings. The smallest absolute Gasteiger partial charge is 0.339 e. The van der Waals surface area contributed by atoms with Crippen LogP contribution >= 0.6 is 11.8 Å². The van der Waals surface area contributed by atoms with E-state index in [0.29, 0.717) is 23.3 Å². The molecule has 100 valence electrons. The fourth-order valence-corrected chi connectivity index (χ4v) is 2.62. The van der Waals surface area contributed by atoms with Crippen LogP contribution in [0.25, 0.3) is 0 Å². The summed E-state index contributed by atoms with van der Waals surface area (Å²) in [5, 5.41) is 21.3. The lowest BCUT2D eigenvalue weighted by Crippen LogP contribution is -1.98. The molecule has 1 fully saturated rings. The van der Waals surface area contributed by atoms with E-state index in [4.69, 9.17) is 9.52 Å². The van der Waals surface area contributed by atoms with Crippen LogP contribution < -0.4 is 0 Å². The summed E-state index contributed by atoms with van der Waals surface area (Å²) in [5.41, 5.74) is 0.206. The number of carbonyl (C=O) groups is 1. The number of nitrogens with zero attached hydrogens (tertiary/aromatic N) is 4. The highest BCUT2D eigenvalue weighted by atomic mass is 32.2. The summed E-state index contributed by atoms with van der Waals surface area (Å²) in [6.07, 6.45) is 2.23. The Morgan fingerprint density at radius 1 is 1.63 bits per heavy atom. The number of rotatable bonds is 5. The van der Waals surface area contributed by atoms with Crippen molar-refractivity contribution >= 4 is 17.7 Å². The number of aromatic carboxylic acids is 1. The monoisotopic (exact) mass is 280 g/mol. The number of carboxylic acids is 1. The van der Waals surface area contributed by atoms with Gasteiger partial charge in [-0.25, -0.2) is 9.48 Å². The van der Waals surface area contributed by atoms with Gasteiger partial charge in [-0.3, -0.25) is 0 Å². The standard InChI is InChI=1S/C11H12N4O3S/c1-6-9(10(16)17)4-8(18-6)5-19-11-12-13-14-15(11)7-2-3-7/h4,7H,2-3,5H2,1H3,(H,16,17). The van der Waals surface area contributed by atoms with Gasteiger partial charge in [-0.15, -0.1) is 5.10 Å². The van der Waals surface area contributed by atoms with E-state index in [9.17, 15) is 4.79 Å². The number of hydrogen-bond acceptors (Lipinski definition) is 6. The van der Waals surface area contributed by atoms with Crippen molar-refractivity contribution in [3.05, 3.63) is 23.2 Å². The third-order valence-electron chi connectivity index (χ3n) is 2.90. The van der Waals surface area contributed by atoms with E-state index in [-0.39, 0.29) is 5.56 Å². The topological polar surface area (TPSA) is 94.0 Å². The molecular weight excluding hydrogens is 268 g/mol. The first-order valence-electron chi connectivity index (χ1n) is 5.88. The number of furan rings is 1. The van der Waals surface area contributed by atoms with E-state index in [1.807, 2.05) is 4.68 Å². The molecule has 0 bridgehead atoms. The summed E-state index contributed by atoms with van der Waals surface area (Å²) in [4.78, 5) is 10.9. The Morgan fingerprint density at radius 3 is 3.05 bits per heavy atom.